The Morgan fingerprint density at radius 2 is 1.75 bits per heavy atom. The Bertz CT molecular complexity index is 1610. The van der Waals surface area contributed by atoms with Crippen molar-refractivity contribution in [1.29, 1.82) is 0 Å². The molecule has 1 aliphatic heterocycles. The molecule has 44 heavy (non-hydrogen) atoms. The second kappa shape index (κ2) is 14.1. The summed E-state index contributed by atoms with van der Waals surface area (Å²) in [6, 6.07) is 12.7. The number of benzene rings is 1. The van der Waals surface area contributed by atoms with Crippen molar-refractivity contribution >= 4 is 33.1 Å². The smallest absolute Gasteiger partial charge is 0.166 e. The molecule has 0 spiro atoms. The average molecular weight is 615 g/mol. The predicted octanol–water partition coefficient (Wildman–Crippen LogP) is 7.08. The zero-order chi connectivity index (χ0) is 30.5. The third-order valence-electron chi connectivity index (χ3n) is 8.41. The third kappa shape index (κ3) is 8.14. The molecule has 9 heteroatoms. The van der Waals surface area contributed by atoms with Crippen molar-refractivity contribution in [3.63, 3.8) is 0 Å². The summed E-state index contributed by atoms with van der Waals surface area (Å²) in [6.07, 6.45) is 9.48. The SMILES string of the molecule is CC(=O)CCCCN1CCN(Cc2ccc(-c3cc4nccc(Oc5ccc(CC(=O)CC6CC6)cc5F)c4s3)nc2)CC1. The second-order valence-corrected chi connectivity index (χ2v) is 13.2. The van der Waals surface area contributed by atoms with Gasteiger partial charge in [-0.2, -0.15) is 0 Å². The monoisotopic (exact) mass is 614 g/mol. The number of carbonyl (C=O) groups excluding carboxylic acids is 2. The number of carbonyl (C=O) groups is 2. The van der Waals surface area contributed by atoms with E-state index in [0.717, 1.165) is 85.7 Å². The van der Waals surface area contributed by atoms with Gasteiger partial charge in [-0.15, -0.1) is 11.3 Å². The number of hydrogen-bond donors (Lipinski definition) is 0. The van der Waals surface area contributed by atoms with E-state index in [-0.39, 0.29) is 23.7 Å². The first-order chi connectivity index (χ1) is 21.4. The van der Waals surface area contributed by atoms with Crippen LogP contribution in [0.3, 0.4) is 0 Å². The van der Waals surface area contributed by atoms with Gasteiger partial charge in [-0.1, -0.05) is 12.1 Å². The summed E-state index contributed by atoms with van der Waals surface area (Å²) in [7, 11) is 0. The topological polar surface area (TPSA) is 75.6 Å². The Kier molecular flexibility index (Phi) is 9.74. The highest BCUT2D eigenvalue weighted by Gasteiger charge is 2.24. The molecule has 1 aromatic carbocycles. The summed E-state index contributed by atoms with van der Waals surface area (Å²) in [4.78, 5) is 38.5. The number of ether oxygens (including phenoxy) is 1. The minimum Gasteiger partial charge on any atom is -0.453 e. The molecule has 0 N–H and O–H groups in total. The Morgan fingerprint density at radius 3 is 2.48 bits per heavy atom. The molecule has 0 radical (unpaired) electrons. The van der Waals surface area contributed by atoms with E-state index < -0.39 is 5.82 Å². The van der Waals surface area contributed by atoms with Gasteiger partial charge in [-0.05, 0) is 80.5 Å². The molecule has 7 nitrogen and oxygen atoms in total. The van der Waals surface area contributed by atoms with Gasteiger partial charge in [-0.25, -0.2) is 4.39 Å². The summed E-state index contributed by atoms with van der Waals surface area (Å²) in [6.45, 7) is 7.77. The van der Waals surface area contributed by atoms with Gasteiger partial charge in [0.05, 0.1) is 20.8 Å². The summed E-state index contributed by atoms with van der Waals surface area (Å²) >= 11 is 1.52. The van der Waals surface area contributed by atoms with Crippen molar-refractivity contribution in [2.75, 3.05) is 32.7 Å². The lowest BCUT2D eigenvalue weighted by Gasteiger charge is -2.34. The number of Topliss-reactive ketones (excluding diaryl/α,β-unsaturated/α-hetero) is 2. The highest BCUT2D eigenvalue weighted by Crippen LogP contribution is 2.39. The van der Waals surface area contributed by atoms with E-state index in [4.69, 9.17) is 9.72 Å². The fraction of sp³-hybridized carbons (Fsp3) is 0.429. The highest BCUT2D eigenvalue weighted by molar-refractivity contribution is 7.22. The number of hydrogen-bond acceptors (Lipinski definition) is 8. The standard InChI is InChI=1S/C35H39FN4O3S/c1-24(41)4-2-3-13-39-14-16-40(17-15-39)23-27-7-9-30(38-22-27)34-21-31-35(44-34)33(11-12-37-31)43-32-10-8-26(20-29(32)36)19-28(42)18-25-5-6-25/h7-12,20-22,25H,2-6,13-19,23H2,1H3. The van der Waals surface area contributed by atoms with E-state index >= 15 is 0 Å². The Hall–Kier alpha value is -3.53. The lowest BCUT2D eigenvalue weighted by Crippen LogP contribution is -2.46. The van der Waals surface area contributed by atoms with Crippen LogP contribution in [0.2, 0.25) is 0 Å². The van der Waals surface area contributed by atoms with Crippen LogP contribution >= 0.6 is 11.3 Å². The number of nitrogens with zero attached hydrogens (tertiary/aromatic N) is 4. The molecule has 1 saturated heterocycles. The van der Waals surface area contributed by atoms with Crippen molar-refractivity contribution in [3.8, 4) is 22.1 Å². The molecule has 0 atom stereocenters. The van der Waals surface area contributed by atoms with Crippen molar-refractivity contribution in [3.05, 3.63) is 71.8 Å². The van der Waals surface area contributed by atoms with Gasteiger partial charge in [0, 0.05) is 70.4 Å². The minimum absolute atomic E-state index is 0.127. The quantitative estimate of drug-likeness (QED) is 0.141. The highest BCUT2D eigenvalue weighted by atomic mass is 32.1. The van der Waals surface area contributed by atoms with Crippen LogP contribution in [0.5, 0.6) is 11.5 Å². The molecule has 2 aliphatic rings. The van der Waals surface area contributed by atoms with Crippen molar-refractivity contribution in [1.82, 2.24) is 19.8 Å². The van der Waals surface area contributed by atoms with Crippen LogP contribution in [-0.4, -0.2) is 64.1 Å². The molecule has 0 amide bonds. The molecule has 3 aromatic heterocycles. The van der Waals surface area contributed by atoms with Crippen molar-refractivity contribution in [2.45, 2.75) is 58.4 Å². The van der Waals surface area contributed by atoms with Crippen LogP contribution < -0.4 is 4.74 Å². The first-order valence-corrected chi connectivity index (χ1v) is 16.5. The number of rotatable bonds is 14. The van der Waals surface area contributed by atoms with Crippen LogP contribution in [0.25, 0.3) is 20.8 Å². The number of aromatic nitrogens is 2. The average Bonchev–Trinajstić information content (AvgIpc) is 3.71. The van der Waals surface area contributed by atoms with E-state index in [1.54, 1.807) is 31.3 Å². The van der Waals surface area contributed by atoms with Gasteiger partial charge < -0.3 is 14.4 Å². The van der Waals surface area contributed by atoms with Gasteiger partial charge in [0.1, 0.15) is 17.3 Å². The number of fused-ring (bicyclic) bond motifs is 1. The van der Waals surface area contributed by atoms with Crippen LogP contribution in [-0.2, 0) is 22.6 Å². The fourth-order valence-electron chi connectivity index (χ4n) is 5.72. The van der Waals surface area contributed by atoms with Gasteiger partial charge in [-0.3, -0.25) is 19.7 Å². The fourth-order valence-corrected chi connectivity index (χ4v) is 6.77. The second-order valence-electron chi connectivity index (χ2n) is 12.2. The zero-order valence-corrected chi connectivity index (χ0v) is 26.1. The number of pyridine rings is 2. The first kappa shape index (κ1) is 30.5. The Balaban J connectivity index is 1.05. The number of halogens is 1. The molecule has 230 valence electrons. The van der Waals surface area contributed by atoms with Crippen LogP contribution in [0, 0.1) is 11.7 Å². The Labute approximate surface area is 262 Å². The van der Waals surface area contributed by atoms with E-state index in [9.17, 15) is 14.0 Å². The molecule has 0 bridgehead atoms. The molecule has 0 unspecified atom stereocenters. The normalized spacial score (nSPS) is 16.0. The van der Waals surface area contributed by atoms with Crippen molar-refractivity contribution in [2.24, 2.45) is 5.92 Å². The third-order valence-corrected chi connectivity index (χ3v) is 9.57. The van der Waals surface area contributed by atoms with Gasteiger partial charge in [0.15, 0.2) is 11.6 Å². The maximum atomic E-state index is 15.0. The maximum Gasteiger partial charge on any atom is 0.166 e. The molecule has 4 heterocycles. The van der Waals surface area contributed by atoms with Crippen LogP contribution in [0.4, 0.5) is 4.39 Å². The van der Waals surface area contributed by atoms with Crippen molar-refractivity contribution < 1.29 is 18.7 Å². The first-order valence-electron chi connectivity index (χ1n) is 15.7. The molecular formula is C35H39FN4O3S. The maximum absolute atomic E-state index is 15.0. The molecular weight excluding hydrogens is 575 g/mol. The largest absolute Gasteiger partial charge is 0.453 e. The van der Waals surface area contributed by atoms with E-state index in [1.165, 1.54) is 23.0 Å². The Morgan fingerprint density at radius 1 is 0.955 bits per heavy atom. The van der Waals surface area contributed by atoms with Gasteiger partial charge >= 0.3 is 0 Å². The van der Waals surface area contributed by atoms with Crippen LogP contribution in [0.15, 0.2) is 54.9 Å². The molecule has 1 saturated carbocycles. The van der Waals surface area contributed by atoms with Gasteiger partial charge in [0.2, 0.25) is 0 Å². The summed E-state index contributed by atoms with van der Waals surface area (Å²) in [5, 5.41) is 0. The zero-order valence-electron chi connectivity index (χ0n) is 25.3. The molecule has 6 rings (SSSR count). The number of thiophene rings is 1. The number of ketones is 2. The number of piperazine rings is 1. The lowest BCUT2D eigenvalue weighted by atomic mass is 10.0. The molecule has 2 fully saturated rings. The van der Waals surface area contributed by atoms with Gasteiger partial charge in [0.25, 0.3) is 0 Å². The minimum atomic E-state index is -0.480. The van der Waals surface area contributed by atoms with E-state index in [1.807, 2.05) is 12.3 Å². The molecule has 4 aromatic rings. The number of unbranched alkanes of at least 4 members (excludes halogenated alkanes) is 1. The molecule has 1 aliphatic carbocycles. The van der Waals surface area contributed by atoms with Crippen LogP contribution in [0.1, 0.15) is 56.6 Å². The summed E-state index contributed by atoms with van der Waals surface area (Å²) in [5.74, 6) is 1.16. The lowest BCUT2D eigenvalue weighted by molar-refractivity contribution is -0.119. The summed E-state index contributed by atoms with van der Waals surface area (Å²) in [5.41, 5.74) is 3.49. The summed E-state index contributed by atoms with van der Waals surface area (Å²) < 4.78 is 21.8. The van der Waals surface area contributed by atoms with E-state index in [2.05, 4.69) is 26.9 Å². The van der Waals surface area contributed by atoms with E-state index in [0.29, 0.717) is 30.1 Å². The predicted molar refractivity (Wildman–Crippen MR) is 172 cm³/mol.